The Hall–Kier alpha value is -4.26. The van der Waals surface area contributed by atoms with Crippen molar-refractivity contribution in [1.82, 2.24) is 5.32 Å². The van der Waals surface area contributed by atoms with E-state index in [1.807, 2.05) is 74.5 Å². The summed E-state index contributed by atoms with van der Waals surface area (Å²) in [7, 11) is 3.19. The van der Waals surface area contributed by atoms with Gasteiger partial charge in [0.2, 0.25) is 0 Å². The van der Waals surface area contributed by atoms with Crippen molar-refractivity contribution in [2.45, 2.75) is 45.1 Å². The first-order chi connectivity index (χ1) is 18.4. The molecule has 1 aromatic heterocycles. The lowest BCUT2D eigenvalue weighted by Crippen LogP contribution is -2.36. The van der Waals surface area contributed by atoms with Gasteiger partial charge >= 0.3 is 5.97 Å². The van der Waals surface area contributed by atoms with Crippen molar-refractivity contribution in [2.75, 3.05) is 14.2 Å². The number of esters is 1. The molecule has 1 N–H and O–H groups in total. The van der Waals surface area contributed by atoms with Crippen LogP contribution in [0.4, 0.5) is 0 Å². The summed E-state index contributed by atoms with van der Waals surface area (Å²) in [6.45, 7) is 3.83. The molecule has 1 aliphatic heterocycles. The first-order valence-corrected chi connectivity index (χ1v) is 12.6. The van der Waals surface area contributed by atoms with Crippen LogP contribution >= 0.6 is 0 Å². The van der Waals surface area contributed by atoms with E-state index in [9.17, 15) is 9.59 Å². The van der Waals surface area contributed by atoms with Gasteiger partial charge in [0, 0.05) is 23.4 Å². The number of allylic oxidation sites excluding steroid dienone is 3. The van der Waals surface area contributed by atoms with Gasteiger partial charge in [0.15, 0.2) is 17.3 Å². The maximum absolute atomic E-state index is 13.8. The molecular weight excluding hydrogens is 482 g/mol. The van der Waals surface area contributed by atoms with Crippen LogP contribution in [0.2, 0.25) is 0 Å². The minimum atomic E-state index is -0.637. The molecule has 0 saturated carbocycles. The van der Waals surface area contributed by atoms with Crippen molar-refractivity contribution in [3.8, 4) is 11.5 Å². The molecule has 0 spiro atoms. The number of carbonyl (C=O) groups is 2. The summed E-state index contributed by atoms with van der Waals surface area (Å²) in [4.78, 5) is 27.2. The minimum Gasteiger partial charge on any atom is -0.493 e. The molecule has 2 aromatic carbocycles. The van der Waals surface area contributed by atoms with Gasteiger partial charge in [-0.2, -0.15) is 0 Å². The first kappa shape index (κ1) is 25.4. The summed E-state index contributed by atoms with van der Waals surface area (Å²) < 4.78 is 22.6. The normalized spacial score (nSPS) is 19.1. The molecule has 0 bridgehead atoms. The Morgan fingerprint density at radius 1 is 0.974 bits per heavy atom. The molecule has 0 fully saturated rings. The lowest BCUT2D eigenvalue weighted by atomic mass is 9.73. The van der Waals surface area contributed by atoms with E-state index in [1.54, 1.807) is 14.2 Å². The number of ketones is 1. The molecule has 0 radical (unpaired) electrons. The zero-order valence-electron chi connectivity index (χ0n) is 22.0. The van der Waals surface area contributed by atoms with Crippen LogP contribution in [0, 0.1) is 6.92 Å². The number of aryl methyl sites for hydroxylation is 1. The average molecular weight is 514 g/mol. The predicted molar refractivity (Wildman–Crippen MR) is 142 cm³/mol. The molecule has 38 heavy (non-hydrogen) atoms. The lowest BCUT2D eigenvalue weighted by molar-refractivity contribution is -0.140. The van der Waals surface area contributed by atoms with Crippen molar-refractivity contribution in [2.24, 2.45) is 0 Å². The number of rotatable bonds is 7. The van der Waals surface area contributed by atoms with E-state index >= 15 is 0 Å². The Morgan fingerprint density at radius 2 is 1.74 bits per heavy atom. The average Bonchev–Trinajstić information content (AvgIpc) is 3.36. The van der Waals surface area contributed by atoms with E-state index in [-0.39, 0.29) is 18.3 Å². The Bertz CT molecular complexity index is 1430. The Morgan fingerprint density at radius 3 is 2.42 bits per heavy atom. The van der Waals surface area contributed by atoms with Gasteiger partial charge in [-0.1, -0.05) is 36.4 Å². The number of benzene rings is 2. The number of hydrogen-bond donors (Lipinski definition) is 1. The molecule has 196 valence electrons. The maximum Gasteiger partial charge on any atom is 0.337 e. The maximum atomic E-state index is 13.8. The largest absolute Gasteiger partial charge is 0.493 e. The number of hydrogen-bond acceptors (Lipinski definition) is 7. The fraction of sp³-hybridized carbons (Fsp3) is 0.290. The van der Waals surface area contributed by atoms with Crippen molar-refractivity contribution in [3.05, 3.63) is 106 Å². The van der Waals surface area contributed by atoms with Gasteiger partial charge in [0.1, 0.15) is 18.1 Å². The molecule has 1 aliphatic carbocycles. The number of ether oxygens (including phenoxy) is 3. The highest BCUT2D eigenvalue weighted by Gasteiger charge is 2.43. The van der Waals surface area contributed by atoms with Crippen LogP contribution < -0.4 is 14.8 Å². The van der Waals surface area contributed by atoms with E-state index < -0.39 is 11.9 Å². The van der Waals surface area contributed by atoms with Crippen LogP contribution in [0.5, 0.6) is 11.5 Å². The van der Waals surface area contributed by atoms with E-state index in [0.717, 1.165) is 16.8 Å². The van der Waals surface area contributed by atoms with Crippen molar-refractivity contribution in [3.63, 3.8) is 0 Å². The predicted octanol–water partition coefficient (Wildman–Crippen LogP) is 5.71. The third-order valence-corrected chi connectivity index (χ3v) is 7.18. The Kier molecular flexibility index (Phi) is 7.09. The highest BCUT2D eigenvalue weighted by molar-refractivity contribution is 6.04. The zero-order chi connectivity index (χ0) is 26.8. The second kappa shape index (κ2) is 10.6. The quantitative estimate of drug-likeness (QED) is 0.405. The van der Waals surface area contributed by atoms with Gasteiger partial charge in [-0.25, -0.2) is 4.79 Å². The summed E-state index contributed by atoms with van der Waals surface area (Å²) >= 11 is 0. The molecule has 0 amide bonds. The number of carbonyl (C=O) groups excluding carboxylic acids is 2. The first-order valence-electron chi connectivity index (χ1n) is 12.6. The van der Waals surface area contributed by atoms with Crippen LogP contribution in [0.3, 0.4) is 0 Å². The summed E-state index contributed by atoms with van der Waals surface area (Å²) in [6.07, 6.45) is 0.911. The standard InChI is InChI=1S/C31H31NO6/c1-18-10-12-26(38-18)30-28(31(34)37-17-20-8-6-5-7-9-20)19(2)32-23-14-22(15-24(33)29(23)30)21-11-13-25(35-3)27(16-21)36-4/h5-13,16,22,30,32H,14-15,17H2,1-4H3/t22-,30-/m1/s1. The highest BCUT2D eigenvalue weighted by atomic mass is 16.5. The molecule has 7 heteroatoms. The monoisotopic (exact) mass is 513 g/mol. The van der Waals surface area contributed by atoms with Crippen molar-refractivity contribution in [1.29, 1.82) is 0 Å². The van der Waals surface area contributed by atoms with Gasteiger partial charge in [0.05, 0.1) is 25.7 Å². The second-order valence-electron chi connectivity index (χ2n) is 9.64. The fourth-order valence-corrected chi connectivity index (χ4v) is 5.35. The zero-order valence-corrected chi connectivity index (χ0v) is 22.0. The van der Waals surface area contributed by atoms with Gasteiger partial charge < -0.3 is 23.9 Å². The van der Waals surface area contributed by atoms with Crippen LogP contribution in [0.1, 0.15) is 54.2 Å². The third kappa shape index (κ3) is 4.84. The van der Waals surface area contributed by atoms with E-state index in [2.05, 4.69) is 5.32 Å². The topological polar surface area (TPSA) is 87.0 Å². The lowest BCUT2D eigenvalue weighted by Gasteiger charge is -2.35. The molecule has 2 aliphatic rings. The number of dihydropyridines is 1. The molecule has 7 nitrogen and oxygen atoms in total. The number of furan rings is 1. The molecule has 0 unspecified atom stereocenters. The van der Waals surface area contributed by atoms with E-state index in [0.29, 0.717) is 52.7 Å². The number of Topliss-reactive ketones (excluding diaryl/α,β-unsaturated/α-hetero) is 1. The molecule has 2 heterocycles. The number of nitrogens with one attached hydrogen (secondary N) is 1. The van der Waals surface area contributed by atoms with Crippen LogP contribution in [0.25, 0.3) is 0 Å². The summed E-state index contributed by atoms with van der Waals surface area (Å²) in [6, 6.07) is 19.0. The Balaban J connectivity index is 1.48. The Labute approximate surface area is 222 Å². The van der Waals surface area contributed by atoms with Gasteiger partial charge in [-0.3, -0.25) is 4.79 Å². The summed E-state index contributed by atoms with van der Waals surface area (Å²) in [5, 5.41) is 3.38. The molecule has 5 rings (SSSR count). The fourth-order valence-electron chi connectivity index (χ4n) is 5.35. The molecule has 2 atom stereocenters. The SMILES string of the molecule is COc1ccc([C@H]2CC(=O)C3=C(C2)NC(C)=C(C(=O)OCc2ccccc2)[C@H]3c2ccc(C)o2)cc1OC. The van der Waals surface area contributed by atoms with Gasteiger partial charge in [0.25, 0.3) is 0 Å². The summed E-state index contributed by atoms with van der Waals surface area (Å²) in [5.74, 6) is 1.34. The second-order valence-corrected chi connectivity index (χ2v) is 9.64. The number of methoxy groups -OCH3 is 2. The third-order valence-electron chi connectivity index (χ3n) is 7.18. The molecular formula is C31H31NO6. The smallest absolute Gasteiger partial charge is 0.337 e. The molecule has 0 saturated heterocycles. The minimum absolute atomic E-state index is 0.0292. The van der Waals surface area contributed by atoms with Gasteiger partial charge in [-0.05, 0) is 61.6 Å². The van der Waals surface area contributed by atoms with Gasteiger partial charge in [-0.15, -0.1) is 0 Å². The van der Waals surface area contributed by atoms with Crippen molar-refractivity contribution >= 4 is 11.8 Å². The van der Waals surface area contributed by atoms with E-state index in [4.69, 9.17) is 18.6 Å². The van der Waals surface area contributed by atoms with Crippen LogP contribution in [-0.4, -0.2) is 26.0 Å². The van der Waals surface area contributed by atoms with Crippen molar-refractivity contribution < 1.29 is 28.2 Å². The van der Waals surface area contributed by atoms with Crippen LogP contribution in [0.15, 0.2) is 87.6 Å². The van der Waals surface area contributed by atoms with Crippen LogP contribution in [-0.2, 0) is 20.9 Å². The summed E-state index contributed by atoms with van der Waals surface area (Å²) in [5.41, 5.74) is 4.29. The highest BCUT2D eigenvalue weighted by Crippen LogP contribution is 2.46. The van der Waals surface area contributed by atoms with E-state index in [1.165, 1.54) is 0 Å². The molecule has 3 aromatic rings.